The van der Waals surface area contributed by atoms with Gasteiger partial charge in [-0.15, -0.1) is 0 Å². The molecule has 0 fully saturated rings. The number of benzene rings is 8. The quantitative estimate of drug-likeness (QED) is 0.175. The second-order valence-corrected chi connectivity index (χ2v) is 13.0. The van der Waals surface area contributed by atoms with Gasteiger partial charge < -0.3 is 4.90 Å². The van der Waals surface area contributed by atoms with E-state index in [9.17, 15) is 0 Å². The summed E-state index contributed by atoms with van der Waals surface area (Å²) in [5, 5.41) is 4.99. The first-order chi connectivity index (χ1) is 24.8. The fraction of sp³-hybridized carbons (Fsp3) is 0.0426. The monoisotopic (exact) mass is 639 g/mol. The van der Waals surface area contributed by atoms with E-state index in [4.69, 9.17) is 4.98 Å². The van der Waals surface area contributed by atoms with Crippen molar-refractivity contribution in [1.29, 1.82) is 0 Å². The summed E-state index contributed by atoms with van der Waals surface area (Å²) in [7, 11) is 0. The molecule has 0 saturated heterocycles. The third-order valence-electron chi connectivity index (χ3n) is 10.3. The van der Waals surface area contributed by atoms with Gasteiger partial charge >= 0.3 is 0 Å². The predicted molar refractivity (Wildman–Crippen MR) is 210 cm³/mol. The standard InChI is InChI=1S/C47H33N3/c1-2-44-48-40-22-13-23-42-47(40)50(44)41-29-28-34(30-43(41)49(42)35-16-7-4-8-17-35)46-38-20-11-9-18-36(38)45(37-19-10-12-21-39(37)46)33-26-24-32(25-27-33)31-14-5-3-6-15-31/h3-30H,2H2,1H3. The SMILES string of the molecule is CCc1nc2cccc3c2n1-c1ccc(-c2c4ccccc4c(-c4ccc(-c5ccccc5)cc4)c4ccccc24)cc1N3c1ccccc1. The van der Waals surface area contributed by atoms with Crippen LogP contribution in [0.5, 0.6) is 0 Å². The molecule has 236 valence electrons. The maximum atomic E-state index is 5.09. The fourth-order valence-electron chi connectivity index (χ4n) is 8.08. The summed E-state index contributed by atoms with van der Waals surface area (Å²) in [5.41, 5.74) is 14.1. The van der Waals surface area contributed by atoms with E-state index in [1.807, 2.05) is 0 Å². The van der Waals surface area contributed by atoms with E-state index < -0.39 is 0 Å². The number of nitrogens with zero attached hydrogens (tertiary/aromatic N) is 3. The Morgan fingerprint density at radius 1 is 0.440 bits per heavy atom. The summed E-state index contributed by atoms with van der Waals surface area (Å²) in [6, 6.07) is 61.7. The van der Waals surface area contributed by atoms with Gasteiger partial charge in [0.05, 0.1) is 28.1 Å². The lowest BCUT2D eigenvalue weighted by molar-refractivity contribution is 0.900. The Hall–Kier alpha value is -6.45. The Morgan fingerprint density at radius 2 is 0.980 bits per heavy atom. The summed E-state index contributed by atoms with van der Waals surface area (Å²) in [6.07, 6.45) is 0.851. The number of aryl methyl sites for hydroxylation is 1. The first-order valence-electron chi connectivity index (χ1n) is 17.4. The molecular formula is C47H33N3. The minimum absolute atomic E-state index is 0.851. The lowest BCUT2D eigenvalue weighted by Gasteiger charge is -2.33. The van der Waals surface area contributed by atoms with Crippen LogP contribution in [-0.2, 0) is 6.42 Å². The van der Waals surface area contributed by atoms with E-state index in [2.05, 4.69) is 186 Å². The number of anilines is 3. The molecule has 0 amide bonds. The highest BCUT2D eigenvalue weighted by molar-refractivity contribution is 6.21. The van der Waals surface area contributed by atoms with Crippen LogP contribution >= 0.6 is 0 Å². The highest BCUT2D eigenvalue weighted by atomic mass is 15.2. The highest BCUT2D eigenvalue weighted by Crippen LogP contribution is 2.50. The van der Waals surface area contributed by atoms with Crippen molar-refractivity contribution in [3.8, 4) is 39.1 Å². The second-order valence-electron chi connectivity index (χ2n) is 13.0. The molecule has 0 saturated carbocycles. The minimum Gasteiger partial charge on any atom is -0.306 e. The molecule has 0 radical (unpaired) electrons. The van der Waals surface area contributed by atoms with Crippen molar-refractivity contribution in [2.75, 3.05) is 4.90 Å². The first kappa shape index (κ1) is 28.6. The largest absolute Gasteiger partial charge is 0.306 e. The van der Waals surface area contributed by atoms with Crippen LogP contribution in [0, 0.1) is 0 Å². The Bertz CT molecular complexity index is 2670. The first-order valence-corrected chi connectivity index (χ1v) is 17.4. The van der Waals surface area contributed by atoms with Gasteiger partial charge in [0.25, 0.3) is 0 Å². The van der Waals surface area contributed by atoms with Crippen LogP contribution in [0.1, 0.15) is 12.7 Å². The smallest absolute Gasteiger partial charge is 0.114 e. The molecule has 0 spiro atoms. The lowest BCUT2D eigenvalue weighted by Crippen LogP contribution is -2.19. The number of hydrogen-bond acceptors (Lipinski definition) is 2. The number of aromatic nitrogens is 2. The van der Waals surface area contributed by atoms with Crippen molar-refractivity contribution in [1.82, 2.24) is 9.55 Å². The zero-order chi connectivity index (χ0) is 33.2. The molecule has 0 atom stereocenters. The maximum absolute atomic E-state index is 5.09. The Morgan fingerprint density at radius 3 is 1.62 bits per heavy atom. The number of rotatable bonds is 5. The Labute approximate surface area is 291 Å². The van der Waals surface area contributed by atoms with Crippen LogP contribution in [-0.4, -0.2) is 9.55 Å². The number of imidazole rings is 1. The van der Waals surface area contributed by atoms with Crippen LogP contribution in [0.15, 0.2) is 170 Å². The van der Waals surface area contributed by atoms with Crippen molar-refractivity contribution in [2.24, 2.45) is 0 Å². The summed E-state index contributed by atoms with van der Waals surface area (Å²) in [5.74, 6) is 1.08. The van der Waals surface area contributed by atoms with Gasteiger partial charge in [0.2, 0.25) is 0 Å². The van der Waals surface area contributed by atoms with Crippen molar-refractivity contribution in [3.63, 3.8) is 0 Å². The van der Waals surface area contributed by atoms with Gasteiger partial charge in [-0.25, -0.2) is 4.98 Å². The molecule has 10 rings (SSSR count). The average Bonchev–Trinajstić information content (AvgIpc) is 3.57. The zero-order valence-electron chi connectivity index (χ0n) is 27.7. The van der Waals surface area contributed by atoms with Crippen LogP contribution in [0.4, 0.5) is 17.1 Å². The van der Waals surface area contributed by atoms with Crippen molar-refractivity contribution >= 4 is 49.6 Å². The van der Waals surface area contributed by atoms with E-state index in [1.54, 1.807) is 0 Å². The van der Waals surface area contributed by atoms with Crippen LogP contribution in [0.3, 0.4) is 0 Å². The molecular weight excluding hydrogens is 607 g/mol. The molecule has 2 heterocycles. The zero-order valence-corrected chi connectivity index (χ0v) is 27.7. The molecule has 50 heavy (non-hydrogen) atoms. The average molecular weight is 640 g/mol. The molecule has 0 bridgehead atoms. The Kier molecular flexibility index (Phi) is 6.47. The Balaban J connectivity index is 1.23. The van der Waals surface area contributed by atoms with E-state index in [-0.39, 0.29) is 0 Å². The van der Waals surface area contributed by atoms with Gasteiger partial charge in [0.15, 0.2) is 0 Å². The van der Waals surface area contributed by atoms with Gasteiger partial charge in [0, 0.05) is 12.1 Å². The van der Waals surface area contributed by atoms with Gasteiger partial charge in [-0.1, -0.05) is 140 Å². The molecule has 3 heteroatoms. The van der Waals surface area contributed by atoms with Crippen molar-refractivity contribution < 1.29 is 0 Å². The number of fused-ring (bicyclic) bond motifs is 4. The predicted octanol–water partition coefficient (Wildman–Crippen LogP) is 12.7. The van der Waals surface area contributed by atoms with Gasteiger partial charge in [-0.2, -0.15) is 0 Å². The fourth-order valence-corrected chi connectivity index (χ4v) is 8.08. The third-order valence-corrected chi connectivity index (χ3v) is 10.3. The van der Waals surface area contributed by atoms with Crippen molar-refractivity contribution in [2.45, 2.75) is 13.3 Å². The second kappa shape index (κ2) is 11.3. The summed E-state index contributed by atoms with van der Waals surface area (Å²) in [6.45, 7) is 2.19. The summed E-state index contributed by atoms with van der Waals surface area (Å²) >= 11 is 0. The molecule has 1 aliphatic heterocycles. The van der Waals surface area contributed by atoms with Gasteiger partial charge in [0.1, 0.15) is 5.82 Å². The molecule has 0 aliphatic carbocycles. The lowest BCUT2D eigenvalue weighted by atomic mass is 9.85. The maximum Gasteiger partial charge on any atom is 0.114 e. The molecule has 9 aromatic rings. The molecule has 8 aromatic carbocycles. The highest BCUT2D eigenvalue weighted by Gasteiger charge is 2.29. The van der Waals surface area contributed by atoms with Crippen LogP contribution in [0.25, 0.3) is 71.6 Å². The third kappa shape index (κ3) is 4.27. The van der Waals surface area contributed by atoms with E-state index in [1.165, 1.54) is 54.9 Å². The van der Waals surface area contributed by atoms with E-state index in [0.717, 1.165) is 46.0 Å². The molecule has 1 aromatic heterocycles. The molecule has 3 nitrogen and oxygen atoms in total. The van der Waals surface area contributed by atoms with Crippen molar-refractivity contribution in [3.05, 3.63) is 176 Å². The molecule has 1 aliphatic rings. The topological polar surface area (TPSA) is 21.1 Å². The van der Waals surface area contributed by atoms with E-state index >= 15 is 0 Å². The molecule has 0 N–H and O–H groups in total. The van der Waals surface area contributed by atoms with E-state index in [0.29, 0.717) is 0 Å². The van der Waals surface area contributed by atoms with Crippen LogP contribution < -0.4 is 4.90 Å². The molecule has 0 unspecified atom stereocenters. The summed E-state index contributed by atoms with van der Waals surface area (Å²) in [4.78, 5) is 7.50. The number of para-hydroxylation sites is 2. The normalized spacial score (nSPS) is 12.1. The van der Waals surface area contributed by atoms with Crippen LogP contribution in [0.2, 0.25) is 0 Å². The summed E-state index contributed by atoms with van der Waals surface area (Å²) < 4.78 is 2.38. The number of hydrogen-bond donors (Lipinski definition) is 0. The van der Waals surface area contributed by atoms with Gasteiger partial charge in [-0.05, 0) is 91.3 Å². The van der Waals surface area contributed by atoms with Gasteiger partial charge in [-0.3, -0.25) is 4.57 Å². The minimum atomic E-state index is 0.851.